The molecule has 1 heterocycles. The predicted molar refractivity (Wildman–Crippen MR) is 123 cm³/mol. The smallest absolute Gasteiger partial charge is 0.261 e. The first-order valence-corrected chi connectivity index (χ1v) is 11.0. The molecule has 30 heavy (non-hydrogen) atoms. The van der Waals surface area contributed by atoms with Crippen molar-refractivity contribution in [1.29, 1.82) is 0 Å². The lowest BCUT2D eigenvalue weighted by Gasteiger charge is -2.31. The van der Waals surface area contributed by atoms with Gasteiger partial charge in [-0.05, 0) is 60.2 Å². The van der Waals surface area contributed by atoms with E-state index in [2.05, 4.69) is 46.6 Å². The molecular formula is C26H30N2O2. The molecule has 4 rings (SSSR count). The minimum absolute atomic E-state index is 0.0373. The minimum atomic E-state index is -0.470. The predicted octanol–water partition coefficient (Wildman–Crippen LogP) is 4.96. The van der Waals surface area contributed by atoms with Gasteiger partial charge in [-0.1, -0.05) is 55.5 Å². The number of anilines is 1. The summed E-state index contributed by atoms with van der Waals surface area (Å²) in [6, 6.07) is 22.8. The van der Waals surface area contributed by atoms with Crippen molar-refractivity contribution in [2.24, 2.45) is 0 Å². The molecule has 4 nitrogen and oxygen atoms in total. The molecule has 0 unspecified atom stereocenters. The fourth-order valence-electron chi connectivity index (χ4n) is 4.17. The highest BCUT2D eigenvalue weighted by Gasteiger charge is 2.19. The van der Waals surface area contributed by atoms with E-state index in [0.29, 0.717) is 13.0 Å². The normalized spacial score (nSPS) is 14.2. The van der Waals surface area contributed by atoms with Crippen LogP contribution in [0.15, 0.2) is 66.7 Å². The van der Waals surface area contributed by atoms with E-state index < -0.39 is 6.10 Å². The van der Waals surface area contributed by atoms with E-state index in [1.54, 1.807) is 0 Å². The van der Waals surface area contributed by atoms with Gasteiger partial charge in [-0.25, -0.2) is 0 Å². The molecular weight excluding hydrogens is 372 g/mol. The van der Waals surface area contributed by atoms with E-state index in [9.17, 15) is 4.79 Å². The quantitative estimate of drug-likeness (QED) is 0.542. The van der Waals surface area contributed by atoms with Crippen molar-refractivity contribution in [3.63, 3.8) is 0 Å². The number of carbonyl (C=O) groups excluding carboxylic acids is 1. The van der Waals surface area contributed by atoms with Crippen LogP contribution in [-0.4, -0.2) is 31.6 Å². The Morgan fingerprint density at radius 3 is 2.73 bits per heavy atom. The molecule has 3 aromatic carbocycles. The van der Waals surface area contributed by atoms with Crippen molar-refractivity contribution in [2.75, 3.05) is 24.5 Å². The van der Waals surface area contributed by atoms with Crippen LogP contribution >= 0.6 is 0 Å². The molecule has 0 fully saturated rings. The molecule has 0 bridgehead atoms. The van der Waals surface area contributed by atoms with E-state index in [-0.39, 0.29) is 5.91 Å². The highest BCUT2D eigenvalue weighted by atomic mass is 16.5. The van der Waals surface area contributed by atoms with Crippen LogP contribution in [0.4, 0.5) is 5.69 Å². The number of hydrogen-bond donors (Lipinski definition) is 1. The summed E-state index contributed by atoms with van der Waals surface area (Å²) in [5.74, 6) is 0.699. The lowest BCUT2D eigenvalue weighted by atomic mass is 10.0. The molecule has 0 aliphatic carbocycles. The summed E-state index contributed by atoms with van der Waals surface area (Å²) in [4.78, 5) is 15.1. The van der Waals surface area contributed by atoms with Crippen LogP contribution in [0.1, 0.15) is 31.7 Å². The first-order valence-electron chi connectivity index (χ1n) is 11.0. The van der Waals surface area contributed by atoms with Gasteiger partial charge >= 0.3 is 0 Å². The second-order valence-electron chi connectivity index (χ2n) is 7.89. The fraction of sp³-hybridized carbons (Fsp3) is 0.346. The van der Waals surface area contributed by atoms with Crippen molar-refractivity contribution in [3.8, 4) is 5.75 Å². The molecule has 1 amide bonds. The topological polar surface area (TPSA) is 41.6 Å². The zero-order valence-corrected chi connectivity index (χ0v) is 17.6. The Balaban J connectivity index is 1.27. The summed E-state index contributed by atoms with van der Waals surface area (Å²) >= 11 is 0. The van der Waals surface area contributed by atoms with Crippen LogP contribution in [0.3, 0.4) is 0 Å². The van der Waals surface area contributed by atoms with E-state index >= 15 is 0 Å². The zero-order valence-electron chi connectivity index (χ0n) is 17.6. The summed E-state index contributed by atoms with van der Waals surface area (Å²) in [6.07, 6.45) is 3.45. The second-order valence-corrected chi connectivity index (χ2v) is 7.89. The Bertz CT molecular complexity index is 1000. The van der Waals surface area contributed by atoms with Crippen molar-refractivity contribution < 1.29 is 9.53 Å². The van der Waals surface area contributed by atoms with Crippen LogP contribution < -0.4 is 15.0 Å². The number of fused-ring (bicyclic) bond motifs is 2. The van der Waals surface area contributed by atoms with Crippen LogP contribution in [-0.2, 0) is 11.2 Å². The Hall–Kier alpha value is -3.01. The molecule has 0 saturated carbocycles. The summed E-state index contributed by atoms with van der Waals surface area (Å²) < 4.78 is 6.00. The Morgan fingerprint density at radius 2 is 1.87 bits per heavy atom. The lowest BCUT2D eigenvalue weighted by molar-refractivity contribution is -0.128. The number of benzene rings is 3. The summed E-state index contributed by atoms with van der Waals surface area (Å²) in [5.41, 5.74) is 2.78. The number of nitrogens with one attached hydrogen (secondary N) is 1. The van der Waals surface area contributed by atoms with Crippen LogP contribution in [0.2, 0.25) is 0 Å². The number of ether oxygens (including phenoxy) is 1. The third kappa shape index (κ3) is 4.76. The average molecular weight is 403 g/mol. The molecule has 156 valence electrons. The Labute approximate surface area is 178 Å². The second kappa shape index (κ2) is 9.66. The monoisotopic (exact) mass is 402 g/mol. The SMILES string of the molecule is CC[C@H](Oc1ccc2ccccc2c1)C(=O)NCCCN1CCCc2ccccc21. The Morgan fingerprint density at radius 1 is 1.07 bits per heavy atom. The molecule has 1 aliphatic heterocycles. The molecule has 3 aromatic rings. The molecule has 0 saturated heterocycles. The maximum atomic E-state index is 12.6. The first kappa shape index (κ1) is 20.3. The first-order chi connectivity index (χ1) is 14.7. The molecule has 0 radical (unpaired) electrons. The molecule has 1 aliphatic rings. The number of hydrogen-bond acceptors (Lipinski definition) is 3. The van der Waals surface area contributed by atoms with E-state index in [1.165, 1.54) is 23.1 Å². The average Bonchev–Trinajstić information content (AvgIpc) is 2.80. The number of para-hydroxylation sites is 1. The van der Waals surface area contributed by atoms with Gasteiger partial charge in [0, 0.05) is 25.3 Å². The van der Waals surface area contributed by atoms with Gasteiger partial charge in [0.25, 0.3) is 5.91 Å². The van der Waals surface area contributed by atoms with Crippen molar-refractivity contribution >= 4 is 22.4 Å². The van der Waals surface area contributed by atoms with Crippen molar-refractivity contribution in [3.05, 3.63) is 72.3 Å². The van der Waals surface area contributed by atoms with E-state index in [1.807, 2.05) is 37.3 Å². The molecule has 0 spiro atoms. The van der Waals surface area contributed by atoms with Gasteiger partial charge in [0.15, 0.2) is 6.10 Å². The molecule has 1 N–H and O–H groups in total. The third-order valence-electron chi connectivity index (χ3n) is 5.77. The third-order valence-corrected chi connectivity index (χ3v) is 5.77. The maximum Gasteiger partial charge on any atom is 0.261 e. The number of carbonyl (C=O) groups is 1. The van der Waals surface area contributed by atoms with Gasteiger partial charge < -0.3 is 15.0 Å². The maximum absolute atomic E-state index is 12.6. The van der Waals surface area contributed by atoms with Gasteiger partial charge in [0.05, 0.1) is 0 Å². The van der Waals surface area contributed by atoms with E-state index in [0.717, 1.165) is 37.1 Å². The lowest BCUT2D eigenvalue weighted by Crippen LogP contribution is -2.39. The molecule has 4 heteroatoms. The van der Waals surface area contributed by atoms with Gasteiger partial charge in [-0.15, -0.1) is 0 Å². The Kier molecular flexibility index (Phi) is 6.53. The number of aryl methyl sites for hydroxylation is 1. The highest BCUT2D eigenvalue weighted by Crippen LogP contribution is 2.26. The highest BCUT2D eigenvalue weighted by molar-refractivity contribution is 5.84. The largest absolute Gasteiger partial charge is 0.481 e. The van der Waals surface area contributed by atoms with Gasteiger partial charge in [-0.2, -0.15) is 0 Å². The van der Waals surface area contributed by atoms with Crippen LogP contribution in [0.25, 0.3) is 10.8 Å². The number of rotatable bonds is 8. The standard InChI is InChI=1S/C26H30N2O2/c1-2-25(30-23-15-14-20-9-3-4-11-22(20)19-23)26(29)27-16-8-18-28-17-7-12-21-10-5-6-13-24(21)28/h3-6,9-11,13-15,19,25H,2,7-8,12,16-18H2,1H3,(H,27,29)/t25-/m0/s1. The summed E-state index contributed by atoms with van der Waals surface area (Å²) in [7, 11) is 0. The summed E-state index contributed by atoms with van der Waals surface area (Å²) in [6.45, 7) is 4.69. The van der Waals surface area contributed by atoms with Crippen LogP contribution in [0.5, 0.6) is 5.75 Å². The van der Waals surface area contributed by atoms with Gasteiger partial charge in [-0.3, -0.25) is 4.79 Å². The van der Waals surface area contributed by atoms with Crippen molar-refractivity contribution in [2.45, 2.75) is 38.7 Å². The summed E-state index contributed by atoms with van der Waals surface area (Å²) in [5, 5.41) is 5.35. The van der Waals surface area contributed by atoms with Crippen molar-refractivity contribution in [1.82, 2.24) is 5.32 Å². The minimum Gasteiger partial charge on any atom is -0.481 e. The van der Waals surface area contributed by atoms with Gasteiger partial charge in [0.1, 0.15) is 5.75 Å². The van der Waals surface area contributed by atoms with Gasteiger partial charge in [0.2, 0.25) is 0 Å². The fourth-order valence-corrected chi connectivity index (χ4v) is 4.17. The van der Waals surface area contributed by atoms with Crippen LogP contribution in [0, 0.1) is 0 Å². The zero-order chi connectivity index (χ0) is 20.8. The van der Waals surface area contributed by atoms with E-state index in [4.69, 9.17) is 4.74 Å². The number of nitrogens with zero attached hydrogens (tertiary/aromatic N) is 1. The molecule has 0 aromatic heterocycles. The number of amides is 1. The molecule has 1 atom stereocenters.